The minimum atomic E-state index is -0.363. The summed E-state index contributed by atoms with van der Waals surface area (Å²) in [6.45, 7) is 24.7. The molecule has 0 aliphatic heterocycles. The van der Waals surface area contributed by atoms with Crippen molar-refractivity contribution in [2.45, 2.75) is 94.3 Å². The molecule has 2 atom stereocenters. The molecule has 0 aliphatic rings. The lowest BCUT2D eigenvalue weighted by Crippen LogP contribution is -2.47. The topological polar surface area (TPSA) is 83.5 Å². The maximum Gasteiger partial charge on any atom is 0.0814 e. The molecule has 0 spiro atoms. The number of nitrogens with zero attached hydrogens (tertiary/aromatic N) is 1. The highest BCUT2D eigenvalue weighted by atomic mass is 16.5. The summed E-state index contributed by atoms with van der Waals surface area (Å²) < 4.78 is 6.39. The first-order chi connectivity index (χ1) is 11.5. The summed E-state index contributed by atoms with van der Waals surface area (Å²) >= 11 is 0. The van der Waals surface area contributed by atoms with Crippen LogP contribution in [0.15, 0.2) is 17.0 Å². The van der Waals surface area contributed by atoms with Crippen LogP contribution in [0.3, 0.4) is 0 Å². The number of nitrogens with two attached hydrogens (primary N) is 1. The Morgan fingerprint density at radius 1 is 1.08 bits per heavy atom. The van der Waals surface area contributed by atoms with E-state index in [0.717, 1.165) is 6.42 Å². The molecule has 0 radical (unpaired) electrons. The second-order valence-electron chi connectivity index (χ2n) is 10.3. The van der Waals surface area contributed by atoms with E-state index in [2.05, 4.69) is 79.7 Å². The quantitative estimate of drug-likeness (QED) is 0.343. The molecule has 4 N–H and O–H groups in total. The van der Waals surface area contributed by atoms with Gasteiger partial charge in [0.25, 0.3) is 0 Å². The van der Waals surface area contributed by atoms with Gasteiger partial charge in [-0.05, 0) is 38.0 Å². The fourth-order valence-corrected chi connectivity index (χ4v) is 2.48. The Kier molecular flexibility index (Phi) is 8.51. The highest BCUT2D eigenvalue weighted by Crippen LogP contribution is 2.45. The molecular formula is C21H44N4O. The van der Waals surface area contributed by atoms with Crippen LogP contribution < -0.4 is 11.1 Å². The van der Waals surface area contributed by atoms with Crippen molar-refractivity contribution in [3.05, 3.63) is 11.9 Å². The van der Waals surface area contributed by atoms with E-state index in [1.165, 1.54) is 0 Å². The molecule has 0 fully saturated rings. The molecular weight excluding hydrogens is 324 g/mol. The van der Waals surface area contributed by atoms with Crippen LogP contribution in [0.4, 0.5) is 0 Å². The van der Waals surface area contributed by atoms with Crippen LogP contribution in [-0.2, 0) is 4.74 Å². The van der Waals surface area contributed by atoms with Gasteiger partial charge in [-0.3, -0.25) is 0 Å². The van der Waals surface area contributed by atoms with E-state index in [0.29, 0.717) is 12.3 Å². The minimum absolute atomic E-state index is 0.0388. The van der Waals surface area contributed by atoms with Crippen LogP contribution in [-0.4, -0.2) is 18.4 Å². The first kappa shape index (κ1) is 25.1. The van der Waals surface area contributed by atoms with Gasteiger partial charge in [0.05, 0.1) is 17.5 Å². The van der Waals surface area contributed by atoms with Crippen LogP contribution in [0.25, 0.3) is 0 Å². The first-order valence-electron chi connectivity index (χ1n) is 9.72. The van der Waals surface area contributed by atoms with Gasteiger partial charge in [-0.2, -0.15) is 5.11 Å². The molecule has 0 aromatic carbocycles. The summed E-state index contributed by atoms with van der Waals surface area (Å²) in [5, 5.41) is 6.77. The van der Waals surface area contributed by atoms with Gasteiger partial charge in [-0.1, -0.05) is 55.4 Å². The average Bonchev–Trinajstić information content (AvgIpc) is 2.45. The number of rotatable bonds is 10. The molecule has 0 saturated carbocycles. The van der Waals surface area contributed by atoms with E-state index in [9.17, 15) is 0 Å². The summed E-state index contributed by atoms with van der Waals surface area (Å²) in [6.07, 6.45) is 2.58. The van der Waals surface area contributed by atoms with Gasteiger partial charge < -0.3 is 15.8 Å². The van der Waals surface area contributed by atoms with Gasteiger partial charge >= 0.3 is 0 Å². The molecule has 0 aliphatic carbocycles. The van der Waals surface area contributed by atoms with Crippen molar-refractivity contribution in [3.8, 4) is 0 Å². The molecule has 0 amide bonds. The number of ether oxygens (including phenoxy) is 1. The third kappa shape index (κ3) is 6.34. The Morgan fingerprint density at radius 2 is 1.58 bits per heavy atom. The van der Waals surface area contributed by atoms with Crippen LogP contribution in [0.5, 0.6) is 0 Å². The van der Waals surface area contributed by atoms with E-state index in [1.807, 2.05) is 6.92 Å². The van der Waals surface area contributed by atoms with Gasteiger partial charge in [-0.15, -0.1) is 0 Å². The van der Waals surface area contributed by atoms with Gasteiger partial charge in [0.1, 0.15) is 0 Å². The van der Waals surface area contributed by atoms with E-state index in [4.69, 9.17) is 16.0 Å². The summed E-state index contributed by atoms with van der Waals surface area (Å²) in [6, 6.07) is 0. The predicted octanol–water partition coefficient (Wildman–Crippen LogP) is 5.67. The van der Waals surface area contributed by atoms with Gasteiger partial charge in [0, 0.05) is 24.1 Å². The van der Waals surface area contributed by atoms with Crippen LogP contribution >= 0.6 is 0 Å². The molecule has 0 aromatic heterocycles. The predicted molar refractivity (Wildman–Crippen MR) is 111 cm³/mol. The SMILES string of the molecule is CC(N)N/C=C(\N=N)C(C)C(C)(C)C(C)(C)OCCC(C)(C)C(C)(C)C. The summed E-state index contributed by atoms with van der Waals surface area (Å²) in [4.78, 5) is 0. The minimum Gasteiger partial charge on any atom is -0.375 e. The number of hydrogen-bond acceptors (Lipinski definition) is 5. The smallest absolute Gasteiger partial charge is 0.0814 e. The number of nitrogens with one attached hydrogen (secondary N) is 2. The maximum atomic E-state index is 7.54. The molecule has 0 bridgehead atoms. The summed E-state index contributed by atoms with van der Waals surface area (Å²) in [5.41, 5.74) is 13.8. The van der Waals surface area contributed by atoms with E-state index < -0.39 is 0 Å². The van der Waals surface area contributed by atoms with E-state index in [-0.39, 0.29) is 33.9 Å². The normalized spacial score (nSPS) is 17.0. The zero-order valence-corrected chi connectivity index (χ0v) is 19.1. The van der Waals surface area contributed by atoms with Gasteiger partial charge in [0.15, 0.2) is 0 Å². The van der Waals surface area contributed by atoms with Crippen molar-refractivity contribution in [1.29, 1.82) is 5.53 Å². The van der Waals surface area contributed by atoms with Gasteiger partial charge in [-0.25, -0.2) is 5.53 Å². The lowest BCUT2D eigenvalue weighted by Gasteiger charge is -2.46. The van der Waals surface area contributed by atoms with E-state index in [1.54, 1.807) is 6.20 Å². The van der Waals surface area contributed by atoms with Crippen molar-refractivity contribution < 1.29 is 4.74 Å². The Labute approximate surface area is 162 Å². The molecule has 0 heterocycles. The fraction of sp³-hybridized carbons (Fsp3) is 0.905. The lowest BCUT2D eigenvalue weighted by molar-refractivity contribution is -0.122. The third-order valence-electron chi connectivity index (χ3n) is 6.92. The number of allylic oxidation sites excluding steroid dienone is 1. The third-order valence-corrected chi connectivity index (χ3v) is 6.92. The van der Waals surface area contributed by atoms with E-state index >= 15 is 0 Å². The van der Waals surface area contributed by atoms with Crippen LogP contribution in [0.2, 0.25) is 0 Å². The van der Waals surface area contributed by atoms with Crippen LogP contribution in [0.1, 0.15) is 82.6 Å². The Balaban J connectivity index is 5.18. The molecule has 5 heteroatoms. The molecule has 2 unspecified atom stereocenters. The van der Waals surface area contributed by atoms with Crippen molar-refractivity contribution in [2.75, 3.05) is 6.61 Å². The maximum absolute atomic E-state index is 7.54. The standard InChI is InChI=1S/C21H44N4O/c1-15(17(25-23)14-24-16(2)22)20(8,9)21(10,11)26-13-12-19(6,7)18(3,4)5/h14-16,23-24H,12-13,22H2,1-11H3/b17-14-,25-23?. The molecule has 0 rings (SSSR count). The molecule has 0 saturated heterocycles. The van der Waals surface area contributed by atoms with Crippen LogP contribution in [0, 0.1) is 27.7 Å². The van der Waals surface area contributed by atoms with Gasteiger partial charge in [0.2, 0.25) is 0 Å². The zero-order valence-electron chi connectivity index (χ0n) is 19.1. The Morgan fingerprint density at radius 3 is 1.96 bits per heavy atom. The highest BCUT2D eigenvalue weighted by molar-refractivity contribution is 5.10. The lowest BCUT2D eigenvalue weighted by atomic mass is 9.66. The average molecular weight is 369 g/mol. The van der Waals surface area contributed by atoms with Crippen molar-refractivity contribution in [1.82, 2.24) is 5.32 Å². The summed E-state index contributed by atoms with van der Waals surface area (Å²) in [5.74, 6) is 0.0388. The summed E-state index contributed by atoms with van der Waals surface area (Å²) in [7, 11) is 0. The van der Waals surface area contributed by atoms with Crippen molar-refractivity contribution in [2.24, 2.45) is 33.0 Å². The number of hydrogen-bond donors (Lipinski definition) is 3. The second kappa shape index (κ2) is 8.83. The molecule has 26 heavy (non-hydrogen) atoms. The fourth-order valence-electron chi connectivity index (χ4n) is 2.48. The molecule has 0 aromatic rings. The molecule has 154 valence electrons. The first-order valence-corrected chi connectivity index (χ1v) is 9.72. The monoisotopic (exact) mass is 368 g/mol. The highest BCUT2D eigenvalue weighted by Gasteiger charge is 2.44. The Bertz CT molecular complexity index is 485. The largest absolute Gasteiger partial charge is 0.375 e. The van der Waals surface area contributed by atoms with Crippen molar-refractivity contribution >= 4 is 0 Å². The molecule has 5 nitrogen and oxygen atoms in total. The second-order valence-corrected chi connectivity index (χ2v) is 10.3. The Hall–Kier alpha value is -0.940. The van der Waals surface area contributed by atoms with Crippen molar-refractivity contribution in [3.63, 3.8) is 0 Å². The zero-order chi connectivity index (χ0) is 21.0.